The van der Waals surface area contributed by atoms with Crippen molar-refractivity contribution in [3.63, 3.8) is 0 Å². The van der Waals surface area contributed by atoms with Crippen LogP contribution in [0.15, 0.2) is 24.3 Å². The van der Waals surface area contributed by atoms with Crippen molar-refractivity contribution in [3.8, 4) is 0 Å². The minimum Gasteiger partial charge on any atom is -0.355 e. The number of rotatable bonds is 5. The molecule has 0 aliphatic carbocycles. The maximum Gasteiger partial charge on any atom is 0.251 e. The summed E-state index contributed by atoms with van der Waals surface area (Å²) in [5.74, 6) is 0.604. The zero-order valence-electron chi connectivity index (χ0n) is 10.2. The Kier molecular flexibility index (Phi) is 4.99. The lowest BCUT2D eigenvalue weighted by molar-refractivity contribution is 0.0963. The van der Waals surface area contributed by atoms with Crippen LogP contribution in [0.1, 0.15) is 29.8 Å². The van der Waals surface area contributed by atoms with E-state index in [1.54, 1.807) is 7.05 Å². The van der Waals surface area contributed by atoms with Gasteiger partial charge in [-0.25, -0.2) is 0 Å². The van der Waals surface area contributed by atoms with Crippen molar-refractivity contribution < 1.29 is 4.79 Å². The number of hydrogen-bond donors (Lipinski definition) is 2. The molecule has 0 fully saturated rings. The fourth-order valence-corrected chi connectivity index (χ4v) is 1.47. The molecule has 0 bridgehead atoms. The van der Waals surface area contributed by atoms with Crippen molar-refractivity contribution in [1.29, 1.82) is 0 Å². The maximum atomic E-state index is 11.4. The Labute approximate surface area is 97.2 Å². The van der Waals surface area contributed by atoms with E-state index in [0.29, 0.717) is 11.5 Å². The van der Waals surface area contributed by atoms with Crippen LogP contribution in [0.5, 0.6) is 0 Å². The zero-order chi connectivity index (χ0) is 12.0. The summed E-state index contributed by atoms with van der Waals surface area (Å²) in [4.78, 5) is 11.4. The molecule has 0 heterocycles. The average molecular weight is 220 g/mol. The molecule has 3 heteroatoms. The second kappa shape index (κ2) is 6.28. The standard InChI is InChI=1S/C13H20N2O/c1-10(2)8-15-9-11-5-4-6-12(7-11)13(16)14-3/h4-7,10,15H,8-9H2,1-3H3,(H,14,16). The predicted molar refractivity (Wildman–Crippen MR) is 66.4 cm³/mol. The minimum atomic E-state index is -0.0364. The zero-order valence-corrected chi connectivity index (χ0v) is 10.2. The van der Waals surface area contributed by atoms with E-state index in [0.717, 1.165) is 18.7 Å². The third kappa shape index (κ3) is 4.03. The van der Waals surface area contributed by atoms with Crippen LogP contribution >= 0.6 is 0 Å². The van der Waals surface area contributed by atoms with Gasteiger partial charge < -0.3 is 10.6 Å². The van der Waals surface area contributed by atoms with Crippen LogP contribution in [-0.4, -0.2) is 19.5 Å². The Balaban J connectivity index is 2.57. The predicted octanol–water partition coefficient (Wildman–Crippen LogP) is 1.79. The molecule has 0 aromatic heterocycles. The first-order valence-corrected chi connectivity index (χ1v) is 5.65. The van der Waals surface area contributed by atoms with Gasteiger partial charge in [0.2, 0.25) is 0 Å². The third-order valence-electron chi connectivity index (χ3n) is 2.30. The quantitative estimate of drug-likeness (QED) is 0.794. The van der Waals surface area contributed by atoms with E-state index >= 15 is 0 Å². The van der Waals surface area contributed by atoms with Gasteiger partial charge in [-0.05, 0) is 30.2 Å². The van der Waals surface area contributed by atoms with Crippen molar-refractivity contribution >= 4 is 5.91 Å². The van der Waals surface area contributed by atoms with E-state index in [1.165, 1.54) is 0 Å². The highest BCUT2D eigenvalue weighted by Crippen LogP contribution is 2.05. The first-order chi connectivity index (χ1) is 7.63. The molecule has 0 saturated heterocycles. The monoisotopic (exact) mass is 220 g/mol. The maximum absolute atomic E-state index is 11.4. The SMILES string of the molecule is CNC(=O)c1cccc(CNCC(C)C)c1. The summed E-state index contributed by atoms with van der Waals surface area (Å²) < 4.78 is 0. The molecule has 0 radical (unpaired) electrons. The third-order valence-corrected chi connectivity index (χ3v) is 2.30. The molecular formula is C13H20N2O. The Morgan fingerprint density at radius 1 is 1.38 bits per heavy atom. The average Bonchev–Trinajstić information content (AvgIpc) is 2.28. The highest BCUT2D eigenvalue weighted by Gasteiger charge is 2.03. The van der Waals surface area contributed by atoms with Gasteiger partial charge in [-0.3, -0.25) is 4.79 Å². The second-order valence-corrected chi connectivity index (χ2v) is 4.30. The summed E-state index contributed by atoms with van der Waals surface area (Å²) in [6.45, 7) is 6.15. The topological polar surface area (TPSA) is 41.1 Å². The van der Waals surface area contributed by atoms with Gasteiger partial charge >= 0.3 is 0 Å². The molecule has 0 atom stereocenters. The van der Waals surface area contributed by atoms with Crippen LogP contribution in [-0.2, 0) is 6.54 Å². The molecule has 0 aliphatic rings. The number of carbonyl (C=O) groups excluding carboxylic acids is 1. The van der Waals surface area contributed by atoms with Gasteiger partial charge in [0.1, 0.15) is 0 Å². The summed E-state index contributed by atoms with van der Waals surface area (Å²) in [6, 6.07) is 7.69. The van der Waals surface area contributed by atoms with Gasteiger partial charge in [-0.1, -0.05) is 26.0 Å². The van der Waals surface area contributed by atoms with E-state index in [-0.39, 0.29) is 5.91 Å². The number of hydrogen-bond acceptors (Lipinski definition) is 2. The highest BCUT2D eigenvalue weighted by molar-refractivity contribution is 5.94. The molecule has 0 unspecified atom stereocenters. The summed E-state index contributed by atoms with van der Waals surface area (Å²) in [5.41, 5.74) is 1.85. The lowest BCUT2D eigenvalue weighted by atomic mass is 10.1. The van der Waals surface area contributed by atoms with Gasteiger partial charge in [-0.2, -0.15) is 0 Å². The van der Waals surface area contributed by atoms with Crippen LogP contribution in [0.2, 0.25) is 0 Å². The van der Waals surface area contributed by atoms with E-state index in [4.69, 9.17) is 0 Å². The fourth-order valence-electron chi connectivity index (χ4n) is 1.47. The van der Waals surface area contributed by atoms with Crippen LogP contribution < -0.4 is 10.6 Å². The number of nitrogens with one attached hydrogen (secondary N) is 2. The minimum absolute atomic E-state index is 0.0364. The summed E-state index contributed by atoms with van der Waals surface area (Å²) in [7, 11) is 1.64. The second-order valence-electron chi connectivity index (χ2n) is 4.30. The fraction of sp³-hybridized carbons (Fsp3) is 0.462. The smallest absolute Gasteiger partial charge is 0.251 e. The number of amides is 1. The van der Waals surface area contributed by atoms with Crippen molar-refractivity contribution in [2.24, 2.45) is 5.92 Å². The lowest BCUT2D eigenvalue weighted by Crippen LogP contribution is -2.20. The Bertz CT molecular complexity index is 348. The molecule has 2 N–H and O–H groups in total. The van der Waals surface area contributed by atoms with E-state index in [9.17, 15) is 4.79 Å². The van der Waals surface area contributed by atoms with Gasteiger partial charge in [0.15, 0.2) is 0 Å². The molecule has 1 amide bonds. The normalized spacial score (nSPS) is 10.5. The van der Waals surface area contributed by atoms with E-state index < -0.39 is 0 Å². The Hall–Kier alpha value is -1.35. The Morgan fingerprint density at radius 2 is 2.12 bits per heavy atom. The molecule has 1 aromatic carbocycles. The van der Waals surface area contributed by atoms with Gasteiger partial charge in [-0.15, -0.1) is 0 Å². The molecule has 0 aliphatic heterocycles. The molecule has 88 valence electrons. The van der Waals surface area contributed by atoms with Gasteiger partial charge in [0, 0.05) is 19.2 Å². The highest BCUT2D eigenvalue weighted by atomic mass is 16.1. The van der Waals surface area contributed by atoms with Crippen LogP contribution in [0.3, 0.4) is 0 Å². The summed E-state index contributed by atoms with van der Waals surface area (Å²) in [6.07, 6.45) is 0. The number of benzene rings is 1. The molecule has 0 saturated carbocycles. The van der Waals surface area contributed by atoms with Crippen molar-refractivity contribution in [1.82, 2.24) is 10.6 Å². The van der Waals surface area contributed by atoms with Crippen LogP contribution in [0.4, 0.5) is 0 Å². The molecule has 1 aromatic rings. The van der Waals surface area contributed by atoms with E-state index in [1.807, 2.05) is 24.3 Å². The molecule has 0 spiro atoms. The van der Waals surface area contributed by atoms with E-state index in [2.05, 4.69) is 24.5 Å². The van der Waals surface area contributed by atoms with Crippen LogP contribution in [0, 0.1) is 5.92 Å². The van der Waals surface area contributed by atoms with Crippen molar-refractivity contribution in [2.75, 3.05) is 13.6 Å². The van der Waals surface area contributed by atoms with Gasteiger partial charge in [0.05, 0.1) is 0 Å². The molecule has 1 rings (SSSR count). The molecule has 16 heavy (non-hydrogen) atoms. The molecular weight excluding hydrogens is 200 g/mol. The Morgan fingerprint density at radius 3 is 2.75 bits per heavy atom. The lowest BCUT2D eigenvalue weighted by Gasteiger charge is -2.08. The van der Waals surface area contributed by atoms with Crippen LogP contribution in [0.25, 0.3) is 0 Å². The summed E-state index contributed by atoms with van der Waals surface area (Å²) >= 11 is 0. The molecule has 3 nitrogen and oxygen atoms in total. The van der Waals surface area contributed by atoms with Crippen molar-refractivity contribution in [3.05, 3.63) is 35.4 Å². The van der Waals surface area contributed by atoms with Gasteiger partial charge in [0.25, 0.3) is 5.91 Å². The number of carbonyl (C=O) groups is 1. The largest absolute Gasteiger partial charge is 0.355 e. The summed E-state index contributed by atoms with van der Waals surface area (Å²) in [5, 5.41) is 5.98. The first-order valence-electron chi connectivity index (χ1n) is 5.65. The first kappa shape index (κ1) is 12.7. The van der Waals surface area contributed by atoms with Crippen molar-refractivity contribution in [2.45, 2.75) is 20.4 Å².